The number of fused-ring (bicyclic) bond motifs is 1. The maximum atomic E-state index is 9.81. The van der Waals surface area contributed by atoms with Crippen LogP contribution in [0, 0.1) is 0 Å². The van der Waals surface area contributed by atoms with Gasteiger partial charge in [0.1, 0.15) is 0 Å². The molecule has 0 aliphatic carbocycles. The molecule has 4 nitrogen and oxygen atoms in total. The van der Waals surface area contributed by atoms with Crippen molar-refractivity contribution in [1.82, 2.24) is 9.47 Å². The second-order valence-corrected chi connectivity index (χ2v) is 6.06. The van der Waals surface area contributed by atoms with E-state index in [0.29, 0.717) is 6.54 Å². The summed E-state index contributed by atoms with van der Waals surface area (Å²) in [7, 11) is 4.26. The summed E-state index contributed by atoms with van der Waals surface area (Å²) in [5.41, 5.74) is 5.05. The number of benzene rings is 1. The van der Waals surface area contributed by atoms with E-state index in [1.165, 1.54) is 22.5 Å². The van der Waals surface area contributed by atoms with E-state index >= 15 is 0 Å². The maximum absolute atomic E-state index is 9.81. The number of anilines is 1. The van der Waals surface area contributed by atoms with Crippen LogP contribution in [0.25, 0.3) is 11.3 Å². The van der Waals surface area contributed by atoms with Crippen molar-refractivity contribution >= 4 is 5.69 Å². The molecule has 1 aliphatic rings. The van der Waals surface area contributed by atoms with Crippen LogP contribution in [0.1, 0.15) is 12.5 Å². The highest BCUT2D eigenvalue weighted by Crippen LogP contribution is 2.36. The van der Waals surface area contributed by atoms with Gasteiger partial charge in [0.05, 0.1) is 24.2 Å². The Labute approximate surface area is 126 Å². The topological polar surface area (TPSA) is 31.6 Å². The first-order valence-electron chi connectivity index (χ1n) is 7.41. The number of aliphatic hydroxyl groups excluding tert-OH is 1. The van der Waals surface area contributed by atoms with Gasteiger partial charge in [0, 0.05) is 31.9 Å². The Morgan fingerprint density at radius 3 is 2.57 bits per heavy atom. The minimum Gasteiger partial charge on any atom is -0.392 e. The van der Waals surface area contributed by atoms with Gasteiger partial charge in [-0.3, -0.25) is 4.90 Å². The Bertz CT molecular complexity index is 618. The average Bonchev–Trinajstić information content (AvgIpc) is 2.77. The van der Waals surface area contributed by atoms with Gasteiger partial charge in [0.15, 0.2) is 0 Å². The second-order valence-electron chi connectivity index (χ2n) is 6.06. The number of rotatable bonds is 3. The lowest BCUT2D eigenvalue weighted by molar-refractivity contribution is 0.174. The summed E-state index contributed by atoms with van der Waals surface area (Å²) >= 11 is 0. The van der Waals surface area contributed by atoms with Crippen LogP contribution in [-0.2, 0) is 13.1 Å². The van der Waals surface area contributed by atoms with Gasteiger partial charge >= 0.3 is 0 Å². The minimum atomic E-state index is -0.357. The van der Waals surface area contributed by atoms with E-state index in [4.69, 9.17) is 0 Å². The summed E-state index contributed by atoms with van der Waals surface area (Å²) in [6.45, 7) is 4.33. The first kappa shape index (κ1) is 14.2. The van der Waals surface area contributed by atoms with Gasteiger partial charge in [-0.1, -0.05) is 30.3 Å². The van der Waals surface area contributed by atoms with Gasteiger partial charge in [-0.25, -0.2) is 0 Å². The van der Waals surface area contributed by atoms with Crippen LogP contribution in [0.5, 0.6) is 0 Å². The summed E-state index contributed by atoms with van der Waals surface area (Å²) in [5.74, 6) is 0. The number of nitrogens with zero attached hydrogens (tertiary/aromatic N) is 3. The van der Waals surface area contributed by atoms with Gasteiger partial charge in [-0.2, -0.15) is 0 Å². The molecule has 2 aromatic rings. The molecule has 0 amide bonds. The van der Waals surface area contributed by atoms with E-state index in [0.717, 1.165) is 13.2 Å². The zero-order valence-corrected chi connectivity index (χ0v) is 13.0. The van der Waals surface area contributed by atoms with Crippen molar-refractivity contribution in [3.05, 3.63) is 42.1 Å². The highest BCUT2D eigenvalue weighted by molar-refractivity contribution is 5.73. The fourth-order valence-electron chi connectivity index (χ4n) is 3.19. The second kappa shape index (κ2) is 5.54. The molecule has 1 aromatic heterocycles. The van der Waals surface area contributed by atoms with Crippen molar-refractivity contribution in [2.24, 2.45) is 0 Å². The number of hydrogen-bond donors (Lipinski definition) is 1. The number of aliphatic hydroxyl groups is 1. The Morgan fingerprint density at radius 2 is 1.90 bits per heavy atom. The van der Waals surface area contributed by atoms with Crippen molar-refractivity contribution in [3.63, 3.8) is 0 Å². The van der Waals surface area contributed by atoms with Crippen LogP contribution in [0.4, 0.5) is 5.69 Å². The van der Waals surface area contributed by atoms with Crippen LogP contribution in [0.15, 0.2) is 36.5 Å². The molecule has 0 saturated heterocycles. The molecule has 0 unspecified atom stereocenters. The number of hydrogen-bond acceptors (Lipinski definition) is 3. The third kappa shape index (κ3) is 2.69. The van der Waals surface area contributed by atoms with E-state index in [1.54, 1.807) is 0 Å². The lowest BCUT2D eigenvalue weighted by Crippen LogP contribution is -2.37. The molecule has 4 heteroatoms. The summed E-state index contributed by atoms with van der Waals surface area (Å²) in [6.07, 6.45) is 1.82. The molecule has 1 aromatic carbocycles. The lowest BCUT2D eigenvalue weighted by atomic mass is 10.1. The molecule has 0 radical (unpaired) electrons. The van der Waals surface area contributed by atoms with Gasteiger partial charge in [0.2, 0.25) is 0 Å². The Morgan fingerprint density at radius 1 is 1.19 bits per heavy atom. The molecule has 1 aliphatic heterocycles. The van der Waals surface area contributed by atoms with Crippen LogP contribution in [0.2, 0.25) is 0 Å². The zero-order valence-electron chi connectivity index (χ0n) is 13.0. The van der Waals surface area contributed by atoms with Crippen molar-refractivity contribution in [2.75, 3.05) is 25.7 Å². The normalized spacial score (nSPS) is 16.9. The monoisotopic (exact) mass is 285 g/mol. The average molecular weight is 285 g/mol. The molecule has 2 heterocycles. The molecule has 1 atom stereocenters. The standard InChI is InChI=1S/C17H23N3O/c1-13(21)9-20-11-16-15(10-18(2)12-19(16)3)17(20)14-7-5-4-6-8-14/h4-8,11,13,21H,9-10,12H2,1-3H3/t13-/m1/s1. The predicted molar refractivity (Wildman–Crippen MR) is 86.3 cm³/mol. The first-order chi connectivity index (χ1) is 10.1. The summed E-state index contributed by atoms with van der Waals surface area (Å²) in [5, 5.41) is 9.81. The third-order valence-corrected chi connectivity index (χ3v) is 3.96. The maximum Gasteiger partial charge on any atom is 0.0704 e. The molecule has 0 fully saturated rings. The molecular formula is C17H23N3O. The minimum absolute atomic E-state index is 0.357. The SMILES string of the molecule is C[C@@H](O)Cn1cc2c(c1-c1ccccc1)CN(C)CN2C. The Hall–Kier alpha value is -1.78. The predicted octanol–water partition coefficient (Wildman–Crippen LogP) is 2.38. The van der Waals surface area contributed by atoms with Gasteiger partial charge < -0.3 is 14.6 Å². The highest BCUT2D eigenvalue weighted by atomic mass is 16.3. The van der Waals surface area contributed by atoms with Crippen molar-refractivity contribution in [3.8, 4) is 11.3 Å². The van der Waals surface area contributed by atoms with Crippen molar-refractivity contribution < 1.29 is 5.11 Å². The van der Waals surface area contributed by atoms with Crippen molar-refractivity contribution in [2.45, 2.75) is 26.1 Å². The van der Waals surface area contributed by atoms with E-state index < -0.39 is 0 Å². The van der Waals surface area contributed by atoms with Crippen molar-refractivity contribution in [1.29, 1.82) is 0 Å². The Kier molecular flexibility index (Phi) is 3.74. The quantitative estimate of drug-likeness (QED) is 0.939. The largest absolute Gasteiger partial charge is 0.392 e. The summed E-state index contributed by atoms with van der Waals surface area (Å²) < 4.78 is 2.19. The Balaban J connectivity index is 2.15. The highest BCUT2D eigenvalue weighted by Gasteiger charge is 2.25. The molecule has 3 rings (SSSR count). The van der Waals surface area contributed by atoms with Crippen LogP contribution in [-0.4, -0.2) is 41.4 Å². The number of aromatic nitrogens is 1. The first-order valence-corrected chi connectivity index (χ1v) is 7.41. The van der Waals surface area contributed by atoms with E-state index in [2.05, 4.69) is 58.9 Å². The molecule has 21 heavy (non-hydrogen) atoms. The van der Waals surface area contributed by atoms with Crippen LogP contribution < -0.4 is 4.90 Å². The molecule has 0 spiro atoms. The molecule has 112 valence electrons. The van der Waals surface area contributed by atoms with Gasteiger partial charge in [-0.15, -0.1) is 0 Å². The van der Waals surface area contributed by atoms with Gasteiger partial charge in [-0.05, 0) is 19.5 Å². The zero-order chi connectivity index (χ0) is 15.0. The van der Waals surface area contributed by atoms with Gasteiger partial charge in [0.25, 0.3) is 0 Å². The molecular weight excluding hydrogens is 262 g/mol. The molecule has 0 saturated carbocycles. The molecule has 0 bridgehead atoms. The fraction of sp³-hybridized carbons (Fsp3) is 0.412. The summed E-state index contributed by atoms with van der Waals surface area (Å²) in [4.78, 5) is 4.57. The smallest absolute Gasteiger partial charge is 0.0704 e. The fourth-order valence-corrected chi connectivity index (χ4v) is 3.19. The van der Waals surface area contributed by atoms with Crippen LogP contribution in [0.3, 0.4) is 0 Å². The summed E-state index contributed by atoms with van der Waals surface area (Å²) in [6, 6.07) is 10.5. The molecule has 1 N–H and O–H groups in total. The van der Waals surface area contributed by atoms with E-state index in [-0.39, 0.29) is 6.10 Å². The third-order valence-electron chi connectivity index (χ3n) is 3.96. The lowest BCUT2D eigenvalue weighted by Gasteiger charge is -2.32. The van der Waals surface area contributed by atoms with E-state index in [9.17, 15) is 5.11 Å². The van der Waals surface area contributed by atoms with E-state index in [1.807, 2.05) is 13.0 Å². The van der Waals surface area contributed by atoms with Crippen LogP contribution >= 0.6 is 0 Å².